The van der Waals surface area contributed by atoms with Gasteiger partial charge in [-0.3, -0.25) is 0 Å². The maximum absolute atomic E-state index is 12.0. The molecule has 4 heteroatoms. The Hall–Kier alpha value is -1.13. The van der Waals surface area contributed by atoms with E-state index in [4.69, 9.17) is 9.47 Å². The highest BCUT2D eigenvalue weighted by molar-refractivity contribution is 5.91. The van der Waals surface area contributed by atoms with Crippen molar-refractivity contribution < 1.29 is 19.4 Å². The van der Waals surface area contributed by atoms with Crippen LogP contribution in [-0.2, 0) is 14.3 Å². The number of carbonyl (C=O) groups is 1. The van der Waals surface area contributed by atoms with Gasteiger partial charge in [0.05, 0.1) is 17.8 Å². The van der Waals surface area contributed by atoms with Crippen molar-refractivity contribution in [1.29, 1.82) is 0 Å². The van der Waals surface area contributed by atoms with Gasteiger partial charge in [0, 0.05) is 18.4 Å². The van der Waals surface area contributed by atoms with E-state index in [1.54, 1.807) is 0 Å². The average molecular weight is 334 g/mol. The van der Waals surface area contributed by atoms with Crippen LogP contribution in [0.1, 0.15) is 66.2 Å². The lowest BCUT2D eigenvalue weighted by Gasteiger charge is -2.32. The van der Waals surface area contributed by atoms with Gasteiger partial charge in [-0.25, -0.2) is 4.79 Å². The number of aliphatic hydroxyl groups excluding tert-OH is 1. The summed E-state index contributed by atoms with van der Waals surface area (Å²) in [5.74, 6) is 0.244. The normalized spacial score (nSPS) is 43.2. The molecule has 0 aromatic carbocycles. The van der Waals surface area contributed by atoms with Crippen molar-refractivity contribution in [2.75, 3.05) is 0 Å². The first-order valence-electron chi connectivity index (χ1n) is 9.22. The van der Waals surface area contributed by atoms with Gasteiger partial charge >= 0.3 is 5.97 Å². The zero-order chi connectivity index (χ0) is 17.5. The number of carbonyl (C=O) groups excluding carboxylic acids is 1. The summed E-state index contributed by atoms with van der Waals surface area (Å²) in [4.78, 5) is 12.0. The van der Waals surface area contributed by atoms with Crippen LogP contribution in [0.2, 0.25) is 0 Å². The first-order valence-corrected chi connectivity index (χ1v) is 9.22. The fraction of sp³-hybridized carbons (Fsp3) is 0.750. The number of fused-ring (bicyclic) bond motifs is 3. The Kier molecular flexibility index (Phi) is 4.89. The molecule has 0 amide bonds. The van der Waals surface area contributed by atoms with E-state index < -0.39 is 11.7 Å². The molecule has 3 rings (SSSR count). The highest BCUT2D eigenvalue weighted by atomic mass is 16.5. The van der Waals surface area contributed by atoms with Crippen LogP contribution in [0.25, 0.3) is 0 Å². The monoisotopic (exact) mass is 334 g/mol. The van der Waals surface area contributed by atoms with Gasteiger partial charge < -0.3 is 14.6 Å². The van der Waals surface area contributed by atoms with Crippen LogP contribution < -0.4 is 0 Å². The van der Waals surface area contributed by atoms with Crippen molar-refractivity contribution in [1.82, 2.24) is 0 Å². The van der Waals surface area contributed by atoms with Crippen molar-refractivity contribution in [3.8, 4) is 0 Å². The summed E-state index contributed by atoms with van der Waals surface area (Å²) in [7, 11) is 0. The Bertz CT molecular complexity index is 576. The van der Waals surface area contributed by atoms with Crippen LogP contribution in [-0.4, -0.2) is 35.0 Å². The van der Waals surface area contributed by atoms with Gasteiger partial charge in [-0.1, -0.05) is 18.6 Å². The van der Waals surface area contributed by atoms with E-state index >= 15 is 0 Å². The number of aliphatic hydroxyl groups is 1. The maximum Gasteiger partial charge on any atom is 0.334 e. The van der Waals surface area contributed by atoms with Gasteiger partial charge in [-0.2, -0.15) is 0 Å². The fourth-order valence-electron chi connectivity index (χ4n) is 4.23. The highest BCUT2D eigenvalue weighted by Crippen LogP contribution is 2.41. The van der Waals surface area contributed by atoms with E-state index in [1.807, 2.05) is 13.8 Å². The third-order valence-corrected chi connectivity index (χ3v) is 6.15. The molecule has 1 fully saturated rings. The number of hydrogen-bond acceptors (Lipinski definition) is 4. The summed E-state index contributed by atoms with van der Waals surface area (Å²) in [5, 5.41) is 10.9. The minimum Gasteiger partial charge on any atom is -0.454 e. The predicted octanol–water partition coefficient (Wildman–Crippen LogP) is 3.68. The van der Waals surface area contributed by atoms with E-state index in [-0.39, 0.29) is 18.2 Å². The van der Waals surface area contributed by atoms with Crippen LogP contribution in [0.15, 0.2) is 22.8 Å². The van der Waals surface area contributed by atoms with E-state index in [1.165, 1.54) is 5.57 Å². The minimum atomic E-state index is -0.610. The first-order chi connectivity index (χ1) is 11.3. The molecule has 2 bridgehead atoms. The van der Waals surface area contributed by atoms with E-state index in [9.17, 15) is 9.90 Å². The number of allylic oxidation sites excluding steroid dienone is 1. The Balaban J connectivity index is 1.90. The molecule has 1 saturated heterocycles. The van der Waals surface area contributed by atoms with Gasteiger partial charge in [0.2, 0.25) is 0 Å². The summed E-state index contributed by atoms with van der Waals surface area (Å²) in [6, 6.07) is 0. The molecule has 134 valence electrons. The van der Waals surface area contributed by atoms with Crippen LogP contribution in [0, 0.1) is 5.92 Å². The van der Waals surface area contributed by atoms with E-state index in [0.29, 0.717) is 17.9 Å². The maximum atomic E-state index is 12.0. The Morgan fingerprint density at radius 2 is 2.00 bits per heavy atom. The molecule has 0 saturated carbocycles. The zero-order valence-electron chi connectivity index (χ0n) is 15.3. The van der Waals surface area contributed by atoms with Gasteiger partial charge in [-0.15, -0.1) is 0 Å². The van der Waals surface area contributed by atoms with Gasteiger partial charge in [0.1, 0.15) is 6.10 Å². The van der Waals surface area contributed by atoms with Crippen molar-refractivity contribution in [3.63, 3.8) is 0 Å². The van der Waals surface area contributed by atoms with Crippen LogP contribution in [0.5, 0.6) is 0 Å². The molecule has 0 spiro atoms. The molecule has 5 atom stereocenters. The smallest absolute Gasteiger partial charge is 0.334 e. The largest absolute Gasteiger partial charge is 0.454 e. The lowest BCUT2D eigenvalue weighted by Crippen LogP contribution is -2.41. The minimum absolute atomic E-state index is 0.214. The van der Waals surface area contributed by atoms with Gasteiger partial charge in [0.15, 0.2) is 0 Å². The molecule has 0 radical (unpaired) electrons. The second-order valence-corrected chi connectivity index (χ2v) is 8.08. The Labute approximate surface area is 144 Å². The van der Waals surface area contributed by atoms with Crippen molar-refractivity contribution in [2.24, 2.45) is 5.92 Å². The SMILES string of the molecule is CC1=C2C[C@@H](O)[C@]3(C)CC[C@@H](O3)[C@@H](C)CC/C=C(\C)C[C@H]2OC1=O. The number of esters is 1. The molecule has 4 nitrogen and oxygen atoms in total. The van der Waals surface area contributed by atoms with Crippen LogP contribution in [0.4, 0.5) is 0 Å². The summed E-state index contributed by atoms with van der Waals surface area (Å²) in [5.41, 5.74) is 2.33. The first kappa shape index (κ1) is 17.7. The van der Waals surface area contributed by atoms with E-state index in [0.717, 1.165) is 37.7 Å². The molecule has 1 N–H and O–H groups in total. The summed E-state index contributed by atoms with van der Waals surface area (Å²) in [6.07, 6.45) is 6.77. The molecular formula is C20H30O4. The average Bonchev–Trinajstić information content (AvgIpc) is 3.04. The summed E-state index contributed by atoms with van der Waals surface area (Å²) < 4.78 is 11.9. The fourth-order valence-corrected chi connectivity index (χ4v) is 4.23. The van der Waals surface area contributed by atoms with Crippen molar-refractivity contribution in [3.05, 3.63) is 22.8 Å². The number of ether oxygens (including phenoxy) is 2. The summed E-state index contributed by atoms with van der Waals surface area (Å²) >= 11 is 0. The number of rotatable bonds is 0. The van der Waals surface area contributed by atoms with Gasteiger partial charge in [0.25, 0.3) is 0 Å². The quantitative estimate of drug-likeness (QED) is 0.542. The van der Waals surface area contributed by atoms with Gasteiger partial charge in [-0.05, 0) is 57.9 Å². The van der Waals surface area contributed by atoms with Crippen molar-refractivity contribution >= 4 is 5.97 Å². The van der Waals surface area contributed by atoms with Crippen molar-refractivity contribution in [2.45, 2.75) is 90.1 Å². The summed E-state index contributed by atoms with van der Waals surface area (Å²) in [6.45, 7) is 8.17. The second-order valence-electron chi connectivity index (χ2n) is 8.08. The molecule has 0 unspecified atom stereocenters. The standard InChI is InChI=1S/C20H30O4/c1-12-6-5-7-13(2)16-8-9-20(4,24-16)18(21)11-15-14(3)19(22)23-17(15)10-12/h6,13,16-18,21H,5,7-11H2,1-4H3/b12-6+/t13-,16+,17+,18+,20-/m0/s1. The zero-order valence-corrected chi connectivity index (χ0v) is 15.3. The Morgan fingerprint density at radius 3 is 2.75 bits per heavy atom. The van der Waals surface area contributed by atoms with Crippen LogP contribution in [0.3, 0.4) is 0 Å². The molecule has 0 aromatic rings. The highest BCUT2D eigenvalue weighted by Gasteiger charge is 2.45. The number of hydrogen-bond donors (Lipinski definition) is 1. The second kappa shape index (κ2) is 6.64. The van der Waals surface area contributed by atoms with E-state index in [2.05, 4.69) is 19.9 Å². The molecule has 3 heterocycles. The molecule has 0 aliphatic carbocycles. The van der Waals surface area contributed by atoms with Crippen LogP contribution >= 0.6 is 0 Å². The lowest BCUT2D eigenvalue weighted by atomic mass is 9.86. The predicted molar refractivity (Wildman–Crippen MR) is 92.5 cm³/mol. The molecule has 3 aliphatic heterocycles. The molecule has 24 heavy (non-hydrogen) atoms. The third kappa shape index (κ3) is 3.31. The topological polar surface area (TPSA) is 55.8 Å². The molecular weight excluding hydrogens is 304 g/mol. The molecule has 3 aliphatic rings. The lowest BCUT2D eigenvalue weighted by molar-refractivity contribution is -0.139. The molecule has 0 aromatic heterocycles. The third-order valence-electron chi connectivity index (χ3n) is 6.15. The Morgan fingerprint density at radius 1 is 1.25 bits per heavy atom.